The van der Waals surface area contributed by atoms with Crippen LogP contribution in [0, 0.1) is 0 Å². The fraction of sp³-hybridized carbons (Fsp3) is 0.455. The summed E-state index contributed by atoms with van der Waals surface area (Å²) in [6, 6.07) is 4.90. The van der Waals surface area contributed by atoms with Crippen molar-refractivity contribution in [1.29, 1.82) is 0 Å². The van der Waals surface area contributed by atoms with E-state index in [0.29, 0.717) is 5.69 Å². The molecule has 1 aromatic rings. The van der Waals surface area contributed by atoms with Crippen LogP contribution in [0.3, 0.4) is 0 Å². The smallest absolute Gasteiger partial charge is 0.120 e. The minimum absolute atomic E-state index is 0.113. The summed E-state index contributed by atoms with van der Waals surface area (Å²) in [5, 5.41) is 9.57. The fourth-order valence-electron chi connectivity index (χ4n) is 1.45. The SMILES string of the molecule is CCCCC(N)c1cc(N)ccc1O. The number of aromatic hydroxyl groups is 1. The van der Waals surface area contributed by atoms with E-state index in [2.05, 4.69) is 6.92 Å². The van der Waals surface area contributed by atoms with Gasteiger partial charge in [0.15, 0.2) is 0 Å². The third-order valence-electron chi connectivity index (χ3n) is 2.32. The molecule has 1 aromatic carbocycles. The van der Waals surface area contributed by atoms with Crippen molar-refractivity contribution in [2.75, 3.05) is 5.73 Å². The fourth-order valence-corrected chi connectivity index (χ4v) is 1.45. The van der Waals surface area contributed by atoms with E-state index in [0.717, 1.165) is 24.8 Å². The van der Waals surface area contributed by atoms with Gasteiger partial charge >= 0.3 is 0 Å². The molecule has 0 radical (unpaired) electrons. The van der Waals surface area contributed by atoms with Gasteiger partial charge in [-0.05, 0) is 24.6 Å². The van der Waals surface area contributed by atoms with Crippen molar-refractivity contribution in [2.24, 2.45) is 5.73 Å². The molecule has 78 valence electrons. The van der Waals surface area contributed by atoms with Crippen LogP contribution in [0.25, 0.3) is 0 Å². The predicted molar refractivity (Wildman–Crippen MR) is 59.0 cm³/mol. The van der Waals surface area contributed by atoms with Crippen molar-refractivity contribution < 1.29 is 5.11 Å². The maximum atomic E-state index is 9.57. The minimum atomic E-state index is -0.113. The van der Waals surface area contributed by atoms with Crippen LogP contribution in [0.4, 0.5) is 5.69 Å². The molecule has 0 saturated heterocycles. The second kappa shape index (κ2) is 4.86. The van der Waals surface area contributed by atoms with Gasteiger partial charge in [-0.3, -0.25) is 0 Å². The Labute approximate surface area is 84.7 Å². The Kier molecular flexibility index (Phi) is 3.77. The first kappa shape index (κ1) is 10.9. The zero-order valence-corrected chi connectivity index (χ0v) is 8.53. The molecule has 0 heterocycles. The highest BCUT2D eigenvalue weighted by molar-refractivity contribution is 5.48. The molecule has 0 amide bonds. The standard InChI is InChI=1S/C11H18N2O/c1-2-3-4-10(13)9-7-8(12)5-6-11(9)14/h5-7,10,14H,2-4,12-13H2,1H3. The summed E-state index contributed by atoms with van der Waals surface area (Å²) in [5.74, 6) is 0.239. The first-order valence-corrected chi connectivity index (χ1v) is 4.99. The van der Waals surface area contributed by atoms with Crippen molar-refractivity contribution in [2.45, 2.75) is 32.2 Å². The highest BCUT2D eigenvalue weighted by Crippen LogP contribution is 2.27. The molecule has 14 heavy (non-hydrogen) atoms. The average molecular weight is 194 g/mol. The number of rotatable bonds is 4. The lowest BCUT2D eigenvalue weighted by molar-refractivity contribution is 0.457. The number of phenolic OH excluding ortho intramolecular Hbond substituents is 1. The van der Waals surface area contributed by atoms with Crippen molar-refractivity contribution >= 4 is 5.69 Å². The predicted octanol–water partition coefficient (Wildman–Crippen LogP) is 2.16. The lowest BCUT2D eigenvalue weighted by atomic mass is 10.0. The summed E-state index contributed by atoms with van der Waals surface area (Å²) < 4.78 is 0. The van der Waals surface area contributed by atoms with Crippen molar-refractivity contribution in [3.63, 3.8) is 0 Å². The third-order valence-corrected chi connectivity index (χ3v) is 2.32. The Morgan fingerprint density at radius 1 is 1.43 bits per heavy atom. The summed E-state index contributed by atoms with van der Waals surface area (Å²) in [7, 11) is 0. The largest absolute Gasteiger partial charge is 0.508 e. The first-order chi connectivity index (χ1) is 6.65. The number of hydrogen-bond acceptors (Lipinski definition) is 3. The van der Waals surface area contributed by atoms with E-state index in [1.165, 1.54) is 0 Å². The molecule has 0 saturated carbocycles. The van der Waals surface area contributed by atoms with Gasteiger partial charge in [-0.2, -0.15) is 0 Å². The number of phenols is 1. The van der Waals surface area contributed by atoms with E-state index >= 15 is 0 Å². The maximum absolute atomic E-state index is 9.57. The molecule has 0 fully saturated rings. The zero-order valence-electron chi connectivity index (χ0n) is 8.53. The number of benzene rings is 1. The number of nitrogen functional groups attached to an aromatic ring is 1. The minimum Gasteiger partial charge on any atom is -0.508 e. The molecule has 1 atom stereocenters. The van der Waals surface area contributed by atoms with Crippen molar-refractivity contribution in [3.05, 3.63) is 23.8 Å². The summed E-state index contributed by atoms with van der Waals surface area (Å²) >= 11 is 0. The van der Waals surface area contributed by atoms with Crippen LogP contribution in [0.1, 0.15) is 37.8 Å². The Bertz CT molecular complexity index is 299. The van der Waals surface area contributed by atoms with Gasteiger partial charge in [-0.25, -0.2) is 0 Å². The lowest BCUT2D eigenvalue weighted by Gasteiger charge is -2.13. The molecule has 0 aliphatic carbocycles. The van der Waals surface area contributed by atoms with E-state index in [9.17, 15) is 5.11 Å². The van der Waals surface area contributed by atoms with Crippen LogP contribution in [-0.4, -0.2) is 5.11 Å². The molecule has 0 spiro atoms. The number of anilines is 1. The zero-order chi connectivity index (χ0) is 10.6. The molecule has 0 aromatic heterocycles. The molecule has 3 heteroatoms. The van der Waals surface area contributed by atoms with Crippen molar-refractivity contribution in [1.82, 2.24) is 0 Å². The summed E-state index contributed by atoms with van der Waals surface area (Å²) in [4.78, 5) is 0. The van der Waals surface area contributed by atoms with Crippen LogP contribution in [0.2, 0.25) is 0 Å². The van der Waals surface area contributed by atoms with E-state index in [4.69, 9.17) is 11.5 Å². The average Bonchev–Trinajstić information content (AvgIpc) is 2.18. The van der Waals surface area contributed by atoms with Gasteiger partial charge in [0.1, 0.15) is 5.75 Å². The second-order valence-corrected chi connectivity index (χ2v) is 3.57. The molecule has 1 rings (SSSR count). The Morgan fingerprint density at radius 3 is 2.79 bits per heavy atom. The summed E-state index contributed by atoms with van der Waals surface area (Å²) in [6.07, 6.45) is 3.06. The number of unbranched alkanes of at least 4 members (excludes halogenated alkanes) is 1. The molecule has 0 aliphatic rings. The summed E-state index contributed by atoms with van der Waals surface area (Å²) in [5.41, 5.74) is 13.0. The topological polar surface area (TPSA) is 72.3 Å². The molecule has 1 unspecified atom stereocenters. The van der Waals surface area contributed by atoms with Gasteiger partial charge in [0.05, 0.1) is 0 Å². The third kappa shape index (κ3) is 2.64. The molecular weight excluding hydrogens is 176 g/mol. The molecule has 0 bridgehead atoms. The van der Waals surface area contributed by atoms with Gasteiger partial charge < -0.3 is 16.6 Å². The monoisotopic (exact) mass is 194 g/mol. The van der Waals surface area contributed by atoms with Crippen LogP contribution < -0.4 is 11.5 Å². The van der Waals surface area contributed by atoms with Gasteiger partial charge in [0, 0.05) is 17.3 Å². The van der Waals surface area contributed by atoms with Crippen molar-refractivity contribution in [3.8, 4) is 5.75 Å². The molecular formula is C11H18N2O. The lowest BCUT2D eigenvalue weighted by Crippen LogP contribution is -2.10. The van der Waals surface area contributed by atoms with Gasteiger partial charge in [0.2, 0.25) is 0 Å². The Balaban J connectivity index is 2.77. The molecule has 5 N–H and O–H groups in total. The van der Waals surface area contributed by atoms with Crippen LogP contribution in [-0.2, 0) is 0 Å². The number of nitrogens with two attached hydrogens (primary N) is 2. The van der Waals surface area contributed by atoms with Gasteiger partial charge in [-0.1, -0.05) is 19.8 Å². The second-order valence-electron chi connectivity index (χ2n) is 3.57. The van der Waals surface area contributed by atoms with Crippen LogP contribution >= 0.6 is 0 Å². The van der Waals surface area contributed by atoms with Gasteiger partial charge in [0.25, 0.3) is 0 Å². The molecule has 3 nitrogen and oxygen atoms in total. The maximum Gasteiger partial charge on any atom is 0.120 e. The van der Waals surface area contributed by atoms with E-state index < -0.39 is 0 Å². The Morgan fingerprint density at radius 2 is 2.14 bits per heavy atom. The van der Waals surface area contributed by atoms with E-state index in [1.54, 1.807) is 18.2 Å². The highest BCUT2D eigenvalue weighted by Gasteiger charge is 2.10. The summed E-state index contributed by atoms with van der Waals surface area (Å²) in [6.45, 7) is 2.12. The quantitative estimate of drug-likeness (QED) is 0.508. The van der Waals surface area contributed by atoms with Gasteiger partial charge in [-0.15, -0.1) is 0 Å². The van der Waals surface area contributed by atoms with E-state index in [1.807, 2.05) is 0 Å². The van der Waals surface area contributed by atoms with Crippen LogP contribution in [0.5, 0.6) is 5.75 Å². The van der Waals surface area contributed by atoms with Crippen LogP contribution in [0.15, 0.2) is 18.2 Å². The highest BCUT2D eigenvalue weighted by atomic mass is 16.3. The Hall–Kier alpha value is -1.22. The normalized spacial score (nSPS) is 12.7. The first-order valence-electron chi connectivity index (χ1n) is 4.99. The number of hydrogen-bond donors (Lipinski definition) is 3. The molecule has 0 aliphatic heterocycles. The van der Waals surface area contributed by atoms with E-state index in [-0.39, 0.29) is 11.8 Å².